The summed E-state index contributed by atoms with van der Waals surface area (Å²) in [4.78, 5) is 26.9. The highest BCUT2D eigenvalue weighted by Gasteiger charge is 2.34. The molecule has 2 atom stereocenters. The normalized spacial score (nSPS) is 21.3. The molecule has 1 aliphatic carbocycles. The molecule has 30 heavy (non-hydrogen) atoms. The van der Waals surface area contributed by atoms with Crippen LogP contribution in [0.15, 0.2) is 54.6 Å². The Balaban J connectivity index is 0.00000256. The van der Waals surface area contributed by atoms with Crippen molar-refractivity contribution in [1.29, 1.82) is 0 Å². The number of carbonyl (C=O) groups excluding carboxylic acids is 2. The van der Waals surface area contributed by atoms with Crippen molar-refractivity contribution in [3.63, 3.8) is 0 Å². The van der Waals surface area contributed by atoms with E-state index in [4.69, 9.17) is 5.73 Å². The van der Waals surface area contributed by atoms with Gasteiger partial charge in [-0.1, -0.05) is 55.3 Å². The molecule has 1 saturated heterocycles. The van der Waals surface area contributed by atoms with Gasteiger partial charge in [0.15, 0.2) is 0 Å². The fraction of sp³-hybridized carbons (Fsp3) is 0.417. The van der Waals surface area contributed by atoms with Gasteiger partial charge in [-0.2, -0.15) is 0 Å². The summed E-state index contributed by atoms with van der Waals surface area (Å²) in [7, 11) is 0. The molecule has 1 heterocycles. The van der Waals surface area contributed by atoms with E-state index in [9.17, 15) is 9.59 Å². The summed E-state index contributed by atoms with van der Waals surface area (Å²) < 4.78 is 0. The van der Waals surface area contributed by atoms with Gasteiger partial charge in [0.1, 0.15) is 0 Å². The van der Waals surface area contributed by atoms with Gasteiger partial charge >= 0.3 is 0 Å². The van der Waals surface area contributed by atoms with Crippen molar-refractivity contribution in [2.24, 2.45) is 11.7 Å². The molecule has 1 aliphatic heterocycles. The number of hydrogen-bond acceptors (Lipinski definition) is 3. The van der Waals surface area contributed by atoms with Crippen molar-refractivity contribution in [3.8, 4) is 0 Å². The SMILES string of the molecule is Cl.N[C@@H]1CN(C(=O)c2ccc(CNC(=O)C3CCCC3)cc2)C[C@H]1c1ccccc1. The first-order valence-electron chi connectivity index (χ1n) is 10.6. The van der Waals surface area contributed by atoms with Crippen LogP contribution in [0.5, 0.6) is 0 Å². The molecule has 160 valence electrons. The summed E-state index contributed by atoms with van der Waals surface area (Å²) in [6.45, 7) is 1.72. The first kappa shape index (κ1) is 22.3. The second kappa shape index (κ2) is 10.1. The van der Waals surface area contributed by atoms with E-state index in [2.05, 4.69) is 17.4 Å². The molecule has 2 amide bonds. The van der Waals surface area contributed by atoms with Crippen LogP contribution in [-0.2, 0) is 11.3 Å². The average Bonchev–Trinajstić information content (AvgIpc) is 3.43. The number of halogens is 1. The van der Waals surface area contributed by atoms with Crippen LogP contribution < -0.4 is 11.1 Å². The summed E-state index contributed by atoms with van der Waals surface area (Å²) in [6.07, 6.45) is 4.31. The van der Waals surface area contributed by atoms with Gasteiger partial charge in [0.05, 0.1) is 0 Å². The summed E-state index contributed by atoms with van der Waals surface area (Å²) in [5.74, 6) is 0.513. The molecule has 2 aliphatic rings. The molecule has 0 unspecified atom stereocenters. The predicted molar refractivity (Wildman–Crippen MR) is 121 cm³/mol. The Bertz CT molecular complexity index is 851. The lowest BCUT2D eigenvalue weighted by Crippen LogP contribution is -2.32. The summed E-state index contributed by atoms with van der Waals surface area (Å²) in [5.41, 5.74) is 9.18. The number of rotatable bonds is 5. The van der Waals surface area contributed by atoms with E-state index < -0.39 is 0 Å². The minimum absolute atomic E-state index is 0. The van der Waals surface area contributed by atoms with E-state index in [-0.39, 0.29) is 42.1 Å². The Hall–Kier alpha value is -2.37. The van der Waals surface area contributed by atoms with Gasteiger partial charge in [-0.3, -0.25) is 9.59 Å². The number of benzene rings is 2. The fourth-order valence-corrected chi connectivity index (χ4v) is 4.52. The molecule has 4 rings (SSSR count). The summed E-state index contributed by atoms with van der Waals surface area (Å²) >= 11 is 0. The lowest BCUT2D eigenvalue weighted by atomic mass is 9.95. The zero-order valence-electron chi connectivity index (χ0n) is 17.1. The second-order valence-corrected chi connectivity index (χ2v) is 8.29. The number of amides is 2. The molecule has 2 aromatic rings. The Labute approximate surface area is 184 Å². The number of carbonyl (C=O) groups is 2. The standard InChI is InChI=1S/C24H29N3O2.ClH/c25-22-16-27(15-21(22)18-6-2-1-3-7-18)24(29)20-12-10-17(11-13-20)14-26-23(28)19-8-4-5-9-19;/h1-3,6-7,10-13,19,21-22H,4-5,8-9,14-16,25H2,(H,26,28);1H/t21-,22+;/m0./s1. The minimum Gasteiger partial charge on any atom is -0.352 e. The molecule has 2 fully saturated rings. The Morgan fingerprint density at radius 3 is 2.30 bits per heavy atom. The van der Waals surface area contributed by atoms with Crippen LogP contribution in [0.4, 0.5) is 0 Å². The molecule has 6 heteroatoms. The third-order valence-corrected chi connectivity index (χ3v) is 6.27. The number of nitrogens with zero attached hydrogens (tertiary/aromatic N) is 1. The van der Waals surface area contributed by atoms with Crippen molar-refractivity contribution >= 4 is 24.2 Å². The molecule has 0 spiro atoms. The lowest BCUT2D eigenvalue weighted by molar-refractivity contribution is -0.124. The Morgan fingerprint density at radius 1 is 0.967 bits per heavy atom. The van der Waals surface area contributed by atoms with E-state index in [1.54, 1.807) is 0 Å². The number of nitrogens with two attached hydrogens (primary N) is 1. The van der Waals surface area contributed by atoms with E-state index in [0.717, 1.165) is 31.2 Å². The van der Waals surface area contributed by atoms with Gasteiger partial charge in [0.25, 0.3) is 5.91 Å². The van der Waals surface area contributed by atoms with E-state index in [1.807, 2.05) is 47.4 Å². The smallest absolute Gasteiger partial charge is 0.253 e. The topological polar surface area (TPSA) is 75.4 Å². The molecule has 5 nitrogen and oxygen atoms in total. The number of hydrogen-bond donors (Lipinski definition) is 2. The van der Waals surface area contributed by atoms with Crippen LogP contribution in [-0.4, -0.2) is 35.8 Å². The average molecular weight is 428 g/mol. The molecule has 0 radical (unpaired) electrons. The van der Waals surface area contributed by atoms with Crippen LogP contribution in [0, 0.1) is 5.92 Å². The van der Waals surface area contributed by atoms with Gasteiger partial charge in [-0.05, 0) is 36.1 Å². The maximum absolute atomic E-state index is 12.9. The quantitative estimate of drug-likeness (QED) is 0.766. The highest BCUT2D eigenvalue weighted by atomic mass is 35.5. The third kappa shape index (κ3) is 5.02. The highest BCUT2D eigenvalue weighted by molar-refractivity contribution is 5.94. The molecule has 0 aromatic heterocycles. The van der Waals surface area contributed by atoms with Gasteiger partial charge in [-0.15, -0.1) is 12.4 Å². The highest BCUT2D eigenvalue weighted by Crippen LogP contribution is 2.27. The van der Waals surface area contributed by atoms with Gasteiger partial charge < -0.3 is 16.0 Å². The minimum atomic E-state index is -0.0496. The van der Waals surface area contributed by atoms with Crippen LogP contribution >= 0.6 is 12.4 Å². The van der Waals surface area contributed by atoms with Crippen LogP contribution in [0.25, 0.3) is 0 Å². The number of likely N-dealkylation sites (tertiary alicyclic amines) is 1. The molecular formula is C24H30ClN3O2. The van der Waals surface area contributed by atoms with Crippen LogP contribution in [0.2, 0.25) is 0 Å². The van der Waals surface area contributed by atoms with Crippen LogP contribution in [0.1, 0.15) is 53.1 Å². The molecule has 1 saturated carbocycles. The third-order valence-electron chi connectivity index (χ3n) is 6.27. The van der Waals surface area contributed by atoms with E-state index >= 15 is 0 Å². The van der Waals surface area contributed by atoms with Gasteiger partial charge in [0.2, 0.25) is 5.91 Å². The summed E-state index contributed by atoms with van der Waals surface area (Å²) in [6, 6.07) is 17.7. The largest absolute Gasteiger partial charge is 0.352 e. The number of nitrogens with one attached hydrogen (secondary N) is 1. The molecule has 2 aromatic carbocycles. The molecular weight excluding hydrogens is 398 g/mol. The zero-order chi connectivity index (χ0) is 20.2. The van der Waals surface area contributed by atoms with E-state index in [1.165, 1.54) is 5.56 Å². The van der Waals surface area contributed by atoms with Crippen molar-refractivity contribution < 1.29 is 9.59 Å². The van der Waals surface area contributed by atoms with Crippen LogP contribution in [0.3, 0.4) is 0 Å². The lowest BCUT2D eigenvalue weighted by Gasteiger charge is -2.17. The monoisotopic (exact) mass is 427 g/mol. The fourth-order valence-electron chi connectivity index (χ4n) is 4.52. The maximum atomic E-state index is 12.9. The predicted octanol–water partition coefficient (Wildman–Crippen LogP) is 3.48. The van der Waals surface area contributed by atoms with E-state index in [0.29, 0.717) is 25.2 Å². The van der Waals surface area contributed by atoms with Crippen molar-refractivity contribution in [2.75, 3.05) is 13.1 Å². The van der Waals surface area contributed by atoms with Crippen molar-refractivity contribution in [3.05, 3.63) is 71.3 Å². The van der Waals surface area contributed by atoms with Crippen molar-refractivity contribution in [1.82, 2.24) is 10.2 Å². The molecule has 0 bridgehead atoms. The second-order valence-electron chi connectivity index (χ2n) is 8.29. The first-order valence-corrected chi connectivity index (χ1v) is 10.6. The maximum Gasteiger partial charge on any atom is 0.253 e. The first-order chi connectivity index (χ1) is 14.1. The summed E-state index contributed by atoms with van der Waals surface area (Å²) in [5, 5.41) is 3.02. The van der Waals surface area contributed by atoms with Gasteiger partial charge in [0, 0.05) is 43.1 Å². The Morgan fingerprint density at radius 2 is 1.63 bits per heavy atom. The zero-order valence-corrected chi connectivity index (χ0v) is 17.9. The Kier molecular flexibility index (Phi) is 7.51. The van der Waals surface area contributed by atoms with Crippen molar-refractivity contribution in [2.45, 2.75) is 44.2 Å². The molecule has 3 N–H and O–H groups in total. The van der Waals surface area contributed by atoms with Gasteiger partial charge in [-0.25, -0.2) is 0 Å².